The molecule has 1 aliphatic heterocycles. The molecule has 1 rings (SSSR count). The predicted octanol–water partition coefficient (Wildman–Crippen LogP) is 2.10. The van der Waals surface area contributed by atoms with Crippen LogP contribution in [0.25, 0.3) is 0 Å². The summed E-state index contributed by atoms with van der Waals surface area (Å²) in [6, 6.07) is 0. The van der Waals surface area contributed by atoms with Gasteiger partial charge in [0.1, 0.15) is 0 Å². The van der Waals surface area contributed by atoms with E-state index in [4.69, 9.17) is 4.74 Å². The van der Waals surface area contributed by atoms with E-state index < -0.39 is 12.6 Å². The number of hydrogen-bond acceptors (Lipinski definition) is 2. The molecule has 0 saturated carbocycles. The Morgan fingerprint density at radius 2 is 2.00 bits per heavy atom. The summed E-state index contributed by atoms with van der Waals surface area (Å²) >= 11 is 0. The molecular formula is C9H16F3NO. The highest BCUT2D eigenvalue weighted by atomic mass is 19.4. The second kappa shape index (κ2) is 5.56. The lowest BCUT2D eigenvalue weighted by Gasteiger charge is -2.15. The Labute approximate surface area is 81.8 Å². The first-order valence-electron chi connectivity index (χ1n) is 4.97. The molecule has 0 aromatic rings. The van der Waals surface area contributed by atoms with Gasteiger partial charge in [0.25, 0.3) is 0 Å². The minimum absolute atomic E-state index is 0.00681. The van der Waals surface area contributed by atoms with Gasteiger partial charge in [-0.15, -0.1) is 0 Å². The highest BCUT2D eigenvalue weighted by Crippen LogP contribution is 2.20. The maximum absolute atomic E-state index is 11.8. The average molecular weight is 211 g/mol. The van der Waals surface area contributed by atoms with Crippen molar-refractivity contribution in [3.63, 3.8) is 0 Å². The molecule has 1 unspecified atom stereocenters. The van der Waals surface area contributed by atoms with Crippen LogP contribution in [-0.4, -0.2) is 32.0 Å². The fourth-order valence-electron chi connectivity index (χ4n) is 1.50. The fourth-order valence-corrected chi connectivity index (χ4v) is 1.50. The van der Waals surface area contributed by atoms with Crippen LogP contribution in [0, 0.1) is 0 Å². The van der Waals surface area contributed by atoms with E-state index in [0.29, 0.717) is 0 Å². The molecule has 1 heterocycles. The highest BCUT2D eigenvalue weighted by Gasteiger charge is 2.27. The van der Waals surface area contributed by atoms with Crippen LogP contribution in [0.4, 0.5) is 13.2 Å². The Balaban J connectivity index is 2.10. The number of rotatable bonds is 3. The maximum Gasteiger partial charge on any atom is 0.391 e. The summed E-state index contributed by atoms with van der Waals surface area (Å²) in [5, 5.41) is 3.18. The first-order valence-corrected chi connectivity index (χ1v) is 4.97. The average Bonchev–Trinajstić information content (AvgIpc) is 2.30. The fraction of sp³-hybridized carbons (Fsp3) is 1.00. The largest absolute Gasteiger partial charge is 0.391 e. The van der Waals surface area contributed by atoms with Gasteiger partial charge in [0.2, 0.25) is 0 Å². The van der Waals surface area contributed by atoms with Gasteiger partial charge in [0, 0.05) is 0 Å². The number of nitrogens with one attached hydrogen (secondary N) is 1. The van der Waals surface area contributed by atoms with Crippen LogP contribution in [0.1, 0.15) is 25.7 Å². The molecule has 84 valence electrons. The zero-order valence-corrected chi connectivity index (χ0v) is 8.07. The third-order valence-corrected chi connectivity index (χ3v) is 2.26. The highest BCUT2D eigenvalue weighted by molar-refractivity contribution is 4.66. The summed E-state index contributed by atoms with van der Waals surface area (Å²) in [7, 11) is 0. The summed E-state index contributed by atoms with van der Waals surface area (Å²) in [5.74, 6) is 0. The molecule has 1 saturated heterocycles. The first kappa shape index (κ1) is 11.8. The van der Waals surface area contributed by atoms with E-state index in [1.54, 1.807) is 0 Å². The van der Waals surface area contributed by atoms with Crippen molar-refractivity contribution in [1.82, 2.24) is 5.32 Å². The zero-order chi connectivity index (χ0) is 10.4. The molecule has 0 bridgehead atoms. The molecule has 0 spiro atoms. The molecule has 1 fully saturated rings. The Bertz CT molecular complexity index is 153. The van der Waals surface area contributed by atoms with Gasteiger partial charge >= 0.3 is 6.18 Å². The molecule has 1 aliphatic rings. The van der Waals surface area contributed by atoms with E-state index in [-0.39, 0.29) is 12.7 Å². The van der Waals surface area contributed by atoms with Gasteiger partial charge in [-0.2, -0.15) is 13.2 Å². The Hall–Kier alpha value is -0.290. The minimum atomic E-state index is -4.09. The normalized spacial score (nSPS) is 24.6. The quantitative estimate of drug-likeness (QED) is 0.771. The molecule has 2 nitrogen and oxygen atoms in total. The van der Waals surface area contributed by atoms with Gasteiger partial charge in [-0.25, -0.2) is 0 Å². The Kier molecular flexibility index (Phi) is 4.68. The van der Waals surface area contributed by atoms with E-state index in [1.165, 1.54) is 0 Å². The topological polar surface area (TPSA) is 21.3 Å². The maximum atomic E-state index is 11.8. The van der Waals surface area contributed by atoms with Gasteiger partial charge in [-0.1, -0.05) is 0 Å². The molecule has 0 aromatic carbocycles. The van der Waals surface area contributed by atoms with Crippen molar-refractivity contribution in [3.05, 3.63) is 0 Å². The van der Waals surface area contributed by atoms with Crippen molar-refractivity contribution in [1.29, 1.82) is 0 Å². The van der Waals surface area contributed by atoms with Gasteiger partial charge in [-0.3, -0.25) is 0 Å². The van der Waals surface area contributed by atoms with Gasteiger partial charge in [-0.05, 0) is 32.4 Å². The number of halogens is 3. The molecule has 14 heavy (non-hydrogen) atoms. The lowest BCUT2D eigenvalue weighted by atomic mass is 10.1. The third kappa shape index (κ3) is 5.44. The molecule has 0 aliphatic carbocycles. The first-order chi connectivity index (χ1) is 6.58. The summed E-state index contributed by atoms with van der Waals surface area (Å²) in [5.41, 5.74) is 0. The monoisotopic (exact) mass is 211 g/mol. The number of alkyl halides is 3. The van der Waals surface area contributed by atoms with Crippen LogP contribution in [0.15, 0.2) is 0 Å². The van der Waals surface area contributed by atoms with E-state index >= 15 is 0 Å². The minimum Gasteiger partial charge on any atom is -0.378 e. The molecular weight excluding hydrogens is 195 g/mol. The van der Waals surface area contributed by atoms with Gasteiger partial charge in [0.15, 0.2) is 0 Å². The second-order valence-electron chi connectivity index (χ2n) is 3.54. The molecule has 0 radical (unpaired) electrons. The molecule has 0 amide bonds. The van der Waals surface area contributed by atoms with Crippen LogP contribution in [0.2, 0.25) is 0 Å². The molecule has 0 aromatic heterocycles. The van der Waals surface area contributed by atoms with Crippen molar-refractivity contribution >= 4 is 0 Å². The van der Waals surface area contributed by atoms with Crippen LogP contribution >= 0.6 is 0 Å². The smallest absolute Gasteiger partial charge is 0.378 e. The van der Waals surface area contributed by atoms with E-state index in [9.17, 15) is 13.2 Å². The predicted molar refractivity (Wildman–Crippen MR) is 47.1 cm³/mol. The lowest BCUT2D eigenvalue weighted by Crippen LogP contribution is -2.20. The van der Waals surface area contributed by atoms with Crippen molar-refractivity contribution < 1.29 is 17.9 Å². The van der Waals surface area contributed by atoms with Crippen molar-refractivity contribution in [3.8, 4) is 0 Å². The van der Waals surface area contributed by atoms with Gasteiger partial charge in [0.05, 0.1) is 19.1 Å². The van der Waals surface area contributed by atoms with Crippen LogP contribution in [-0.2, 0) is 4.74 Å². The van der Waals surface area contributed by atoms with Crippen LogP contribution < -0.4 is 5.32 Å². The summed E-state index contributed by atoms with van der Waals surface area (Å²) in [4.78, 5) is 0. The lowest BCUT2D eigenvalue weighted by molar-refractivity contribution is -0.149. The summed E-state index contributed by atoms with van der Waals surface area (Å²) in [6.45, 7) is 1.59. The second-order valence-corrected chi connectivity index (χ2v) is 3.54. The van der Waals surface area contributed by atoms with Gasteiger partial charge < -0.3 is 10.1 Å². The molecule has 1 atom stereocenters. The van der Waals surface area contributed by atoms with Crippen molar-refractivity contribution in [2.45, 2.75) is 38.0 Å². The number of hydrogen-bond donors (Lipinski definition) is 1. The van der Waals surface area contributed by atoms with E-state index in [0.717, 1.165) is 32.4 Å². The number of ether oxygens (including phenoxy) is 1. The molecule has 1 N–H and O–H groups in total. The third-order valence-electron chi connectivity index (χ3n) is 2.26. The van der Waals surface area contributed by atoms with Crippen molar-refractivity contribution in [2.24, 2.45) is 0 Å². The SMILES string of the molecule is FC(F)(F)CCOC1CCCNCC1. The standard InChI is InChI=1S/C9H16F3NO/c10-9(11,12)4-7-14-8-2-1-5-13-6-3-8/h8,13H,1-7H2. The Morgan fingerprint density at radius 3 is 2.71 bits per heavy atom. The summed E-state index contributed by atoms with van der Waals surface area (Å²) in [6.07, 6.45) is -2.26. The zero-order valence-electron chi connectivity index (χ0n) is 8.07. The molecule has 5 heteroatoms. The Morgan fingerprint density at radius 1 is 1.21 bits per heavy atom. The van der Waals surface area contributed by atoms with E-state index in [2.05, 4.69) is 5.32 Å². The van der Waals surface area contributed by atoms with Crippen LogP contribution in [0.5, 0.6) is 0 Å². The van der Waals surface area contributed by atoms with Crippen LogP contribution in [0.3, 0.4) is 0 Å². The van der Waals surface area contributed by atoms with E-state index in [1.807, 2.05) is 0 Å². The van der Waals surface area contributed by atoms with Crippen molar-refractivity contribution in [2.75, 3.05) is 19.7 Å². The summed E-state index contributed by atoms with van der Waals surface area (Å²) < 4.78 is 40.6.